The number of hydrogen-bond acceptors (Lipinski definition) is 6. The first kappa shape index (κ1) is 17.8. The van der Waals surface area contributed by atoms with Gasteiger partial charge in [0.2, 0.25) is 11.7 Å². The van der Waals surface area contributed by atoms with Gasteiger partial charge in [0, 0.05) is 29.1 Å². The van der Waals surface area contributed by atoms with Crippen molar-refractivity contribution in [2.24, 2.45) is 0 Å². The van der Waals surface area contributed by atoms with Crippen LogP contribution in [0.1, 0.15) is 18.1 Å². The topological polar surface area (TPSA) is 90.4 Å². The lowest BCUT2D eigenvalue weighted by molar-refractivity contribution is -0.114. The summed E-state index contributed by atoms with van der Waals surface area (Å²) in [4.78, 5) is 15.9. The predicted octanol–water partition coefficient (Wildman–Crippen LogP) is 4.73. The molecule has 0 spiro atoms. The summed E-state index contributed by atoms with van der Waals surface area (Å²) in [6.07, 6.45) is 0. The number of ether oxygens (including phenoxy) is 1. The zero-order valence-corrected chi connectivity index (χ0v) is 16.0. The molecule has 0 saturated carbocycles. The van der Waals surface area contributed by atoms with Gasteiger partial charge < -0.3 is 19.0 Å². The normalized spacial score (nSPS) is 11.0. The molecule has 0 aliphatic carbocycles. The van der Waals surface area contributed by atoms with E-state index in [2.05, 4.69) is 15.5 Å². The van der Waals surface area contributed by atoms with E-state index in [0.29, 0.717) is 23.2 Å². The van der Waals surface area contributed by atoms with Crippen LogP contribution in [0.15, 0.2) is 45.3 Å². The number of aryl methyl sites for hydroxylation is 1. The fraction of sp³-hybridized carbons (Fsp3) is 0.190. The molecule has 0 saturated heterocycles. The van der Waals surface area contributed by atoms with Crippen molar-refractivity contribution in [3.63, 3.8) is 0 Å². The summed E-state index contributed by atoms with van der Waals surface area (Å²) in [6, 6.07) is 11.1. The number of furan rings is 1. The molecule has 142 valence electrons. The van der Waals surface area contributed by atoms with E-state index in [1.54, 1.807) is 7.11 Å². The second kappa shape index (κ2) is 6.84. The SMILES string of the molecule is COc1ccc2oc(-c3noc(-c4cccc(NC(C)=O)c4C)n3)c(C)c2c1. The van der Waals surface area contributed by atoms with E-state index in [-0.39, 0.29) is 5.91 Å². The predicted molar refractivity (Wildman–Crippen MR) is 105 cm³/mol. The largest absolute Gasteiger partial charge is 0.497 e. The molecular formula is C21H19N3O4. The lowest BCUT2D eigenvalue weighted by Crippen LogP contribution is -2.07. The number of amides is 1. The van der Waals surface area contributed by atoms with Crippen molar-refractivity contribution in [2.75, 3.05) is 12.4 Å². The van der Waals surface area contributed by atoms with Crippen LogP contribution in [-0.4, -0.2) is 23.2 Å². The molecule has 2 aromatic heterocycles. The minimum absolute atomic E-state index is 0.139. The summed E-state index contributed by atoms with van der Waals surface area (Å²) in [5.41, 5.74) is 3.93. The van der Waals surface area contributed by atoms with Crippen LogP contribution >= 0.6 is 0 Å². The van der Waals surface area contributed by atoms with Crippen molar-refractivity contribution >= 4 is 22.6 Å². The molecular weight excluding hydrogens is 358 g/mol. The highest BCUT2D eigenvalue weighted by atomic mass is 16.5. The zero-order valence-electron chi connectivity index (χ0n) is 16.0. The lowest BCUT2D eigenvalue weighted by Gasteiger charge is -2.08. The molecule has 28 heavy (non-hydrogen) atoms. The number of rotatable bonds is 4. The van der Waals surface area contributed by atoms with Gasteiger partial charge in [-0.05, 0) is 49.7 Å². The molecule has 2 heterocycles. The number of methoxy groups -OCH3 is 1. The number of nitrogens with zero attached hydrogens (tertiary/aromatic N) is 2. The molecule has 7 nitrogen and oxygen atoms in total. The van der Waals surface area contributed by atoms with Crippen molar-refractivity contribution in [2.45, 2.75) is 20.8 Å². The maximum atomic E-state index is 11.4. The van der Waals surface area contributed by atoms with Gasteiger partial charge >= 0.3 is 0 Å². The summed E-state index contributed by atoms with van der Waals surface area (Å²) in [5.74, 6) is 1.89. The number of carbonyl (C=O) groups excluding carboxylic acids is 1. The third-order valence-corrected chi connectivity index (χ3v) is 4.65. The number of fused-ring (bicyclic) bond motifs is 1. The third kappa shape index (κ3) is 3.00. The standard InChI is InChI=1S/C21H19N3O4/c1-11-15(6-5-7-17(11)22-13(3)25)21-23-20(24-28-21)19-12(2)16-10-14(26-4)8-9-18(16)27-19/h5-10H,1-4H3,(H,22,25). The molecule has 4 rings (SSSR count). The highest BCUT2D eigenvalue weighted by Gasteiger charge is 2.20. The van der Waals surface area contributed by atoms with Gasteiger partial charge in [-0.15, -0.1) is 0 Å². The lowest BCUT2D eigenvalue weighted by atomic mass is 10.1. The number of carbonyl (C=O) groups is 1. The molecule has 4 aromatic rings. The third-order valence-electron chi connectivity index (χ3n) is 4.65. The van der Waals surface area contributed by atoms with Gasteiger partial charge in [0.25, 0.3) is 5.89 Å². The molecule has 1 amide bonds. The number of aromatic nitrogens is 2. The van der Waals surface area contributed by atoms with Crippen LogP contribution in [0.25, 0.3) is 34.0 Å². The molecule has 0 fully saturated rings. The van der Waals surface area contributed by atoms with Crippen molar-refractivity contribution in [1.82, 2.24) is 10.1 Å². The smallest absolute Gasteiger partial charge is 0.258 e. The van der Waals surface area contributed by atoms with Gasteiger partial charge in [0.1, 0.15) is 11.3 Å². The fourth-order valence-electron chi connectivity index (χ4n) is 3.16. The molecule has 0 aliphatic rings. The number of nitrogens with one attached hydrogen (secondary N) is 1. The van der Waals surface area contributed by atoms with Crippen LogP contribution in [0.3, 0.4) is 0 Å². The summed E-state index contributed by atoms with van der Waals surface area (Å²) in [7, 11) is 1.63. The highest BCUT2D eigenvalue weighted by molar-refractivity contribution is 5.91. The van der Waals surface area contributed by atoms with Crippen LogP contribution < -0.4 is 10.1 Å². The summed E-state index contributed by atoms with van der Waals surface area (Å²) >= 11 is 0. The quantitative estimate of drug-likeness (QED) is 0.553. The molecule has 0 bridgehead atoms. The summed E-state index contributed by atoms with van der Waals surface area (Å²) in [5, 5.41) is 7.83. The van der Waals surface area contributed by atoms with Crippen molar-refractivity contribution < 1.29 is 18.5 Å². The Morgan fingerprint density at radius 2 is 1.96 bits per heavy atom. The Morgan fingerprint density at radius 1 is 1.14 bits per heavy atom. The first-order chi connectivity index (χ1) is 13.5. The van der Waals surface area contributed by atoms with Gasteiger partial charge in [-0.25, -0.2) is 0 Å². The second-order valence-electron chi connectivity index (χ2n) is 6.50. The zero-order chi connectivity index (χ0) is 19.8. The summed E-state index contributed by atoms with van der Waals surface area (Å²) < 4.78 is 16.7. The van der Waals surface area contributed by atoms with E-state index < -0.39 is 0 Å². The van der Waals surface area contributed by atoms with Gasteiger partial charge in [-0.1, -0.05) is 11.2 Å². The molecule has 1 N–H and O–H groups in total. The minimum atomic E-state index is -0.139. The average molecular weight is 377 g/mol. The Balaban J connectivity index is 1.76. The van der Waals surface area contributed by atoms with Crippen molar-refractivity contribution in [3.05, 3.63) is 47.5 Å². The van der Waals surface area contributed by atoms with Crippen LogP contribution in [0.4, 0.5) is 5.69 Å². The summed E-state index contributed by atoms with van der Waals surface area (Å²) in [6.45, 7) is 5.30. The maximum absolute atomic E-state index is 11.4. The Kier molecular flexibility index (Phi) is 4.35. The molecule has 2 aromatic carbocycles. The van der Waals surface area contributed by atoms with E-state index in [0.717, 1.165) is 33.4 Å². The van der Waals surface area contributed by atoms with Crippen molar-refractivity contribution in [3.8, 4) is 28.8 Å². The van der Waals surface area contributed by atoms with Gasteiger partial charge in [0.05, 0.1) is 7.11 Å². The van der Waals surface area contributed by atoms with E-state index in [1.165, 1.54) is 6.92 Å². The van der Waals surface area contributed by atoms with Gasteiger partial charge in [-0.3, -0.25) is 4.79 Å². The molecule has 0 atom stereocenters. The molecule has 0 aliphatic heterocycles. The Bertz CT molecular complexity index is 1190. The van der Waals surface area contributed by atoms with E-state index in [1.807, 2.05) is 50.2 Å². The van der Waals surface area contributed by atoms with Crippen LogP contribution in [0.5, 0.6) is 5.75 Å². The van der Waals surface area contributed by atoms with Gasteiger partial charge in [-0.2, -0.15) is 4.98 Å². The first-order valence-electron chi connectivity index (χ1n) is 8.76. The number of benzene rings is 2. The highest BCUT2D eigenvalue weighted by Crippen LogP contribution is 2.35. The Morgan fingerprint density at radius 3 is 2.71 bits per heavy atom. The average Bonchev–Trinajstić information content (AvgIpc) is 3.28. The maximum Gasteiger partial charge on any atom is 0.258 e. The fourth-order valence-corrected chi connectivity index (χ4v) is 3.16. The monoisotopic (exact) mass is 377 g/mol. The number of anilines is 1. The molecule has 7 heteroatoms. The van der Waals surface area contributed by atoms with Gasteiger partial charge in [0.15, 0.2) is 5.76 Å². The Hall–Kier alpha value is -3.61. The van der Waals surface area contributed by atoms with E-state index in [9.17, 15) is 4.79 Å². The van der Waals surface area contributed by atoms with E-state index >= 15 is 0 Å². The number of hydrogen-bond donors (Lipinski definition) is 1. The van der Waals surface area contributed by atoms with Crippen LogP contribution in [0, 0.1) is 13.8 Å². The van der Waals surface area contributed by atoms with Crippen molar-refractivity contribution in [1.29, 1.82) is 0 Å². The van der Waals surface area contributed by atoms with Crippen LogP contribution in [0.2, 0.25) is 0 Å². The minimum Gasteiger partial charge on any atom is -0.497 e. The first-order valence-corrected chi connectivity index (χ1v) is 8.76. The van der Waals surface area contributed by atoms with E-state index in [4.69, 9.17) is 13.7 Å². The molecule has 0 radical (unpaired) electrons. The molecule has 0 unspecified atom stereocenters. The Labute approximate surface area is 161 Å². The van der Waals surface area contributed by atoms with Crippen LogP contribution in [-0.2, 0) is 4.79 Å². The second-order valence-corrected chi connectivity index (χ2v) is 6.50.